The van der Waals surface area contributed by atoms with Crippen molar-refractivity contribution in [2.75, 3.05) is 13.6 Å². The summed E-state index contributed by atoms with van der Waals surface area (Å²) >= 11 is 0. The molecule has 2 fully saturated rings. The van der Waals surface area contributed by atoms with Gasteiger partial charge in [-0.15, -0.1) is 0 Å². The fourth-order valence-electron chi connectivity index (χ4n) is 4.48. The van der Waals surface area contributed by atoms with E-state index in [0.717, 1.165) is 51.4 Å². The van der Waals surface area contributed by atoms with E-state index in [1.54, 1.807) is 12.4 Å². The zero-order chi connectivity index (χ0) is 19.4. The second-order valence-corrected chi connectivity index (χ2v) is 7.79. The zero-order valence-electron chi connectivity index (χ0n) is 16.5. The first kappa shape index (κ1) is 19.6. The molecular formula is C21H31N3O3. The fourth-order valence-corrected chi connectivity index (χ4v) is 4.48. The molecule has 2 heterocycles. The van der Waals surface area contributed by atoms with Crippen LogP contribution in [0.15, 0.2) is 17.2 Å². The Morgan fingerprint density at radius 1 is 1.04 bits per heavy atom. The number of nitrogens with one attached hydrogen (secondary N) is 1. The van der Waals surface area contributed by atoms with Crippen LogP contribution in [-0.2, 0) is 0 Å². The number of carbonyl (C=O) groups excluding carboxylic acids is 2. The Kier molecular flexibility index (Phi) is 6.34. The summed E-state index contributed by atoms with van der Waals surface area (Å²) in [5.41, 5.74) is -0.243. The van der Waals surface area contributed by atoms with Gasteiger partial charge in [0.25, 0.3) is 11.8 Å². The molecule has 1 aliphatic heterocycles. The summed E-state index contributed by atoms with van der Waals surface area (Å²) in [6.07, 6.45) is 12.8. The topological polar surface area (TPSA) is 71.4 Å². The van der Waals surface area contributed by atoms with E-state index in [4.69, 9.17) is 0 Å². The van der Waals surface area contributed by atoms with Gasteiger partial charge in [-0.1, -0.05) is 26.2 Å². The number of likely N-dealkylation sites (tertiary alicyclic amines) is 1. The van der Waals surface area contributed by atoms with Gasteiger partial charge < -0.3 is 14.8 Å². The van der Waals surface area contributed by atoms with Crippen LogP contribution < -0.4 is 10.7 Å². The summed E-state index contributed by atoms with van der Waals surface area (Å²) in [6.45, 7) is 2.77. The smallest absolute Gasteiger partial charge is 0.259 e. The minimum absolute atomic E-state index is 0.0685. The first-order valence-corrected chi connectivity index (χ1v) is 10.4. The molecule has 27 heavy (non-hydrogen) atoms. The molecule has 6 heteroatoms. The Hall–Kier alpha value is -2.11. The molecule has 3 rings (SSSR count). The van der Waals surface area contributed by atoms with E-state index in [-0.39, 0.29) is 29.1 Å². The van der Waals surface area contributed by atoms with E-state index in [0.29, 0.717) is 6.54 Å². The quantitative estimate of drug-likeness (QED) is 0.881. The molecule has 1 atom stereocenters. The van der Waals surface area contributed by atoms with Crippen LogP contribution in [0.3, 0.4) is 0 Å². The Bertz CT molecular complexity index is 750. The predicted octanol–water partition coefficient (Wildman–Crippen LogP) is 3.12. The minimum Gasteiger partial charge on any atom is -0.355 e. The molecule has 2 aliphatic rings. The van der Waals surface area contributed by atoms with Crippen molar-refractivity contribution < 1.29 is 9.59 Å². The number of pyridine rings is 1. The molecule has 1 aromatic heterocycles. The molecule has 2 amide bonds. The van der Waals surface area contributed by atoms with E-state index < -0.39 is 11.3 Å². The van der Waals surface area contributed by atoms with Gasteiger partial charge in [-0.05, 0) is 38.5 Å². The number of hydrogen-bond donors (Lipinski definition) is 1. The van der Waals surface area contributed by atoms with E-state index >= 15 is 0 Å². The van der Waals surface area contributed by atoms with Crippen LogP contribution in [0, 0.1) is 0 Å². The summed E-state index contributed by atoms with van der Waals surface area (Å²) in [5, 5.41) is 2.54. The lowest BCUT2D eigenvalue weighted by Crippen LogP contribution is -2.45. The van der Waals surface area contributed by atoms with Crippen LogP contribution in [0.25, 0.3) is 0 Å². The molecule has 1 aromatic rings. The van der Waals surface area contributed by atoms with Crippen molar-refractivity contribution in [1.82, 2.24) is 14.8 Å². The third-order valence-electron chi connectivity index (χ3n) is 6.10. The second kappa shape index (κ2) is 8.72. The molecule has 0 radical (unpaired) electrons. The van der Waals surface area contributed by atoms with Crippen molar-refractivity contribution in [2.24, 2.45) is 0 Å². The standard InChI is InChI=1S/C21H31N3O3/c1-3-15-9-7-8-12-24(15)21(27)18-14-23(16-10-5-4-6-11-16)13-17(19(18)25)20(26)22-2/h13-16H,3-12H2,1-2H3,(H,22,26). The molecule has 148 valence electrons. The summed E-state index contributed by atoms with van der Waals surface area (Å²) in [4.78, 5) is 40.4. The van der Waals surface area contributed by atoms with Crippen LogP contribution in [0.4, 0.5) is 0 Å². The summed E-state index contributed by atoms with van der Waals surface area (Å²) in [6, 6.07) is 0.426. The second-order valence-electron chi connectivity index (χ2n) is 7.79. The highest BCUT2D eigenvalue weighted by Crippen LogP contribution is 2.28. The van der Waals surface area contributed by atoms with Crippen LogP contribution in [-0.4, -0.2) is 40.9 Å². The molecule has 1 saturated carbocycles. The predicted molar refractivity (Wildman–Crippen MR) is 105 cm³/mol. The highest BCUT2D eigenvalue weighted by Gasteiger charge is 2.30. The van der Waals surface area contributed by atoms with Gasteiger partial charge in [-0.3, -0.25) is 14.4 Å². The van der Waals surface area contributed by atoms with Gasteiger partial charge >= 0.3 is 0 Å². The third kappa shape index (κ3) is 4.09. The zero-order valence-corrected chi connectivity index (χ0v) is 16.5. The number of aromatic nitrogens is 1. The third-order valence-corrected chi connectivity index (χ3v) is 6.10. The Balaban J connectivity index is 2.03. The average Bonchev–Trinajstić information content (AvgIpc) is 2.73. The fraction of sp³-hybridized carbons (Fsp3) is 0.667. The number of hydrogen-bond acceptors (Lipinski definition) is 3. The van der Waals surface area contributed by atoms with Crippen LogP contribution >= 0.6 is 0 Å². The van der Waals surface area contributed by atoms with Gasteiger partial charge in [0.05, 0.1) is 0 Å². The van der Waals surface area contributed by atoms with Crippen molar-refractivity contribution >= 4 is 11.8 Å². The normalized spacial score (nSPS) is 21.1. The molecule has 6 nitrogen and oxygen atoms in total. The van der Waals surface area contributed by atoms with Gasteiger partial charge in [-0.25, -0.2) is 0 Å². The lowest BCUT2D eigenvalue weighted by Gasteiger charge is -2.35. The first-order chi connectivity index (χ1) is 13.1. The lowest BCUT2D eigenvalue weighted by molar-refractivity contribution is 0.0605. The number of rotatable bonds is 4. The molecule has 1 N–H and O–H groups in total. The van der Waals surface area contributed by atoms with Gasteiger partial charge in [-0.2, -0.15) is 0 Å². The van der Waals surface area contributed by atoms with Gasteiger partial charge in [0.15, 0.2) is 0 Å². The van der Waals surface area contributed by atoms with E-state index in [1.807, 2.05) is 9.47 Å². The molecule has 1 unspecified atom stereocenters. The summed E-state index contributed by atoms with van der Waals surface area (Å²) in [7, 11) is 1.51. The molecule has 0 aromatic carbocycles. The lowest BCUT2D eigenvalue weighted by atomic mass is 9.94. The first-order valence-electron chi connectivity index (χ1n) is 10.4. The number of nitrogens with zero attached hydrogens (tertiary/aromatic N) is 2. The Morgan fingerprint density at radius 3 is 2.37 bits per heavy atom. The molecular weight excluding hydrogens is 342 g/mol. The summed E-state index contributed by atoms with van der Waals surface area (Å²) < 4.78 is 1.95. The Morgan fingerprint density at radius 2 is 1.70 bits per heavy atom. The van der Waals surface area contributed by atoms with Crippen molar-refractivity contribution in [3.8, 4) is 0 Å². The van der Waals surface area contributed by atoms with Gasteiger partial charge in [0, 0.05) is 38.1 Å². The number of piperidine rings is 1. The maximum Gasteiger partial charge on any atom is 0.259 e. The van der Waals surface area contributed by atoms with Crippen LogP contribution in [0.1, 0.15) is 91.5 Å². The Labute approximate surface area is 160 Å². The highest BCUT2D eigenvalue weighted by atomic mass is 16.2. The van der Waals surface area contributed by atoms with Gasteiger partial charge in [0.1, 0.15) is 11.1 Å². The maximum atomic E-state index is 13.3. The van der Waals surface area contributed by atoms with Crippen LogP contribution in [0.2, 0.25) is 0 Å². The van der Waals surface area contributed by atoms with Crippen molar-refractivity contribution in [2.45, 2.75) is 76.8 Å². The van der Waals surface area contributed by atoms with Crippen molar-refractivity contribution in [3.63, 3.8) is 0 Å². The molecule has 1 aliphatic carbocycles. The van der Waals surface area contributed by atoms with E-state index in [1.165, 1.54) is 13.5 Å². The maximum absolute atomic E-state index is 13.3. The monoisotopic (exact) mass is 373 g/mol. The number of amides is 2. The molecule has 0 spiro atoms. The van der Waals surface area contributed by atoms with Crippen LogP contribution in [0.5, 0.6) is 0 Å². The largest absolute Gasteiger partial charge is 0.355 e. The number of carbonyl (C=O) groups is 2. The SMILES string of the molecule is CCC1CCCCN1C(=O)c1cn(C2CCCCC2)cc(C(=O)NC)c1=O. The molecule has 1 saturated heterocycles. The van der Waals surface area contributed by atoms with Gasteiger partial charge in [0.2, 0.25) is 5.43 Å². The van der Waals surface area contributed by atoms with Crippen molar-refractivity contribution in [1.29, 1.82) is 0 Å². The minimum atomic E-state index is -0.452. The van der Waals surface area contributed by atoms with E-state index in [2.05, 4.69) is 12.2 Å². The molecule has 0 bridgehead atoms. The highest BCUT2D eigenvalue weighted by molar-refractivity contribution is 5.99. The average molecular weight is 373 g/mol. The summed E-state index contributed by atoms with van der Waals surface area (Å²) in [5.74, 6) is -0.647. The van der Waals surface area contributed by atoms with Crippen molar-refractivity contribution in [3.05, 3.63) is 33.7 Å². The van der Waals surface area contributed by atoms with E-state index in [9.17, 15) is 14.4 Å².